The molecule has 2 saturated heterocycles. The van der Waals surface area contributed by atoms with Crippen LogP contribution in [0.2, 0.25) is 0 Å². The molecular weight excluding hydrogens is 250 g/mol. The Morgan fingerprint density at radius 1 is 1.05 bits per heavy atom. The summed E-state index contributed by atoms with van der Waals surface area (Å²) in [5.74, 6) is 0.134. The van der Waals surface area contributed by atoms with Crippen LogP contribution in [-0.4, -0.2) is 54.0 Å². The number of rotatable bonds is 2. The number of carbonyl (C=O) groups excluding carboxylic acids is 1. The van der Waals surface area contributed by atoms with Gasteiger partial charge < -0.3 is 15.5 Å². The van der Waals surface area contributed by atoms with Crippen LogP contribution >= 0.6 is 0 Å². The highest BCUT2D eigenvalue weighted by Gasteiger charge is 2.34. The average molecular weight is 281 g/mol. The van der Waals surface area contributed by atoms with Crippen LogP contribution in [0, 0.1) is 5.41 Å². The van der Waals surface area contributed by atoms with Crippen molar-refractivity contribution in [3.8, 4) is 0 Å². The highest BCUT2D eigenvalue weighted by atomic mass is 16.2. The summed E-state index contributed by atoms with van der Waals surface area (Å²) in [6.07, 6.45) is 6.29. The van der Waals surface area contributed by atoms with E-state index in [4.69, 9.17) is 5.73 Å². The lowest BCUT2D eigenvalue weighted by molar-refractivity contribution is -0.136. The largest absolute Gasteiger partial charge is 0.341 e. The monoisotopic (exact) mass is 281 g/mol. The summed E-state index contributed by atoms with van der Waals surface area (Å²) in [6, 6.07) is 0.305. The van der Waals surface area contributed by atoms with Gasteiger partial charge in [-0.3, -0.25) is 4.79 Å². The number of hydrogen-bond donors (Lipinski definition) is 1. The van der Waals surface area contributed by atoms with Gasteiger partial charge in [0.2, 0.25) is 5.91 Å². The van der Waals surface area contributed by atoms with E-state index in [0.29, 0.717) is 6.04 Å². The van der Waals surface area contributed by atoms with Gasteiger partial charge in [0.25, 0.3) is 0 Å². The summed E-state index contributed by atoms with van der Waals surface area (Å²) in [5, 5.41) is 0. The van der Waals surface area contributed by atoms with Gasteiger partial charge in [-0.05, 0) is 44.2 Å². The SMILES string of the molecule is CC(C)(C)[C@H](N)C(=O)N1CCC(N2CCCCC2)CC1. The molecule has 0 aromatic rings. The van der Waals surface area contributed by atoms with Crippen molar-refractivity contribution in [3.05, 3.63) is 0 Å². The zero-order valence-electron chi connectivity index (χ0n) is 13.4. The Morgan fingerprint density at radius 2 is 1.60 bits per heavy atom. The van der Waals surface area contributed by atoms with E-state index >= 15 is 0 Å². The lowest BCUT2D eigenvalue weighted by Gasteiger charge is -2.41. The summed E-state index contributed by atoms with van der Waals surface area (Å²) in [7, 11) is 0. The molecule has 2 N–H and O–H groups in total. The van der Waals surface area contributed by atoms with Crippen LogP contribution in [0.3, 0.4) is 0 Å². The molecule has 2 aliphatic rings. The Kier molecular flexibility index (Phi) is 5.08. The van der Waals surface area contributed by atoms with Crippen molar-refractivity contribution in [3.63, 3.8) is 0 Å². The molecule has 0 radical (unpaired) electrons. The van der Waals surface area contributed by atoms with Gasteiger partial charge >= 0.3 is 0 Å². The van der Waals surface area contributed by atoms with Crippen LogP contribution in [0.4, 0.5) is 0 Å². The topological polar surface area (TPSA) is 49.6 Å². The molecule has 4 nitrogen and oxygen atoms in total. The molecule has 116 valence electrons. The molecule has 2 heterocycles. The van der Waals surface area contributed by atoms with Gasteiger partial charge in [0.1, 0.15) is 0 Å². The smallest absolute Gasteiger partial charge is 0.240 e. The highest BCUT2D eigenvalue weighted by molar-refractivity contribution is 5.82. The predicted octanol–water partition coefficient (Wildman–Crippen LogP) is 1.84. The van der Waals surface area contributed by atoms with E-state index in [0.717, 1.165) is 25.9 Å². The first kappa shape index (κ1) is 15.8. The molecule has 1 amide bonds. The summed E-state index contributed by atoms with van der Waals surface area (Å²) in [5.41, 5.74) is 5.95. The minimum absolute atomic E-state index is 0.134. The number of hydrogen-bond acceptors (Lipinski definition) is 3. The number of nitrogens with zero attached hydrogens (tertiary/aromatic N) is 2. The van der Waals surface area contributed by atoms with Crippen LogP contribution in [0.1, 0.15) is 52.9 Å². The Bertz CT molecular complexity index is 323. The third-order valence-electron chi connectivity index (χ3n) is 4.88. The minimum Gasteiger partial charge on any atom is -0.341 e. The van der Waals surface area contributed by atoms with E-state index in [-0.39, 0.29) is 17.4 Å². The van der Waals surface area contributed by atoms with Crippen molar-refractivity contribution in [2.45, 2.75) is 65.0 Å². The average Bonchev–Trinajstić information content (AvgIpc) is 2.46. The predicted molar refractivity (Wildman–Crippen MR) is 82.5 cm³/mol. The lowest BCUT2D eigenvalue weighted by Crippen LogP contribution is -2.54. The zero-order chi connectivity index (χ0) is 14.8. The van der Waals surface area contributed by atoms with Gasteiger partial charge in [0.15, 0.2) is 0 Å². The zero-order valence-corrected chi connectivity index (χ0v) is 13.4. The third-order valence-corrected chi connectivity index (χ3v) is 4.88. The summed E-state index contributed by atoms with van der Waals surface area (Å²) >= 11 is 0. The maximum Gasteiger partial charge on any atom is 0.240 e. The fourth-order valence-corrected chi connectivity index (χ4v) is 3.30. The number of amides is 1. The van der Waals surface area contributed by atoms with Crippen molar-refractivity contribution >= 4 is 5.91 Å². The van der Waals surface area contributed by atoms with Crippen molar-refractivity contribution < 1.29 is 4.79 Å². The molecule has 0 bridgehead atoms. The second-order valence-corrected chi connectivity index (χ2v) is 7.50. The molecule has 4 heteroatoms. The Balaban J connectivity index is 1.83. The molecule has 0 aromatic heterocycles. The first-order valence-corrected chi connectivity index (χ1v) is 8.18. The molecule has 0 spiro atoms. The molecule has 20 heavy (non-hydrogen) atoms. The molecular formula is C16H31N3O. The van der Waals surface area contributed by atoms with Crippen molar-refractivity contribution in [1.29, 1.82) is 0 Å². The summed E-state index contributed by atoms with van der Waals surface area (Å²) in [6.45, 7) is 10.4. The maximum atomic E-state index is 12.4. The van der Waals surface area contributed by atoms with Crippen LogP contribution < -0.4 is 5.73 Å². The van der Waals surface area contributed by atoms with Gasteiger partial charge in [-0.2, -0.15) is 0 Å². The lowest BCUT2D eigenvalue weighted by atomic mass is 9.86. The first-order chi connectivity index (χ1) is 9.39. The number of nitrogens with two attached hydrogens (primary N) is 1. The second kappa shape index (κ2) is 6.44. The quantitative estimate of drug-likeness (QED) is 0.840. The fourth-order valence-electron chi connectivity index (χ4n) is 3.30. The van der Waals surface area contributed by atoms with E-state index in [1.807, 2.05) is 25.7 Å². The highest BCUT2D eigenvalue weighted by Crippen LogP contribution is 2.24. The van der Waals surface area contributed by atoms with E-state index in [2.05, 4.69) is 4.90 Å². The number of carbonyl (C=O) groups is 1. The molecule has 2 aliphatic heterocycles. The van der Waals surface area contributed by atoms with E-state index in [9.17, 15) is 4.79 Å². The van der Waals surface area contributed by atoms with Crippen molar-refractivity contribution in [2.24, 2.45) is 11.1 Å². The molecule has 0 aromatic carbocycles. The Morgan fingerprint density at radius 3 is 2.10 bits per heavy atom. The van der Waals surface area contributed by atoms with Gasteiger partial charge in [-0.25, -0.2) is 0 Å². The van der Waals surface area contributed by atoms with Crippen LogP contribution in [0.15, 0.2) is 0 Å². The first-order valence-electron chi connectivity index (χ1n) is 8.18. The van der Waals surface area contributed by atoms with Gasteiger partial charge in [-0.1, -0.05) is 27.2 Å². The third kappa shape index (κ3) is 3.73. The van der Waals surface area contributed by atoms with E-state index < -0.39 is 0 Å². The van der Waals surface area contributed by atoms with Crippen LogP contribution in [0.25, 0.3) is 0 Å². The van der Waals surface area contributed by atoms with Gasteiger partial charge in [0.05, 0.1) is 6.04 Å². The maximum absolute atomic E-state index is 12.4. The fraction of sp³-hybridized carbons (Fsp3) is 0.938. The van der Waals surface area contributed by atoms with Gasteiger partial charge in [-0.15, -0.1) is 0 Å². The standard InChI is InChI=1S/C16H31N3O/c1-16(2,3)14(17)15(20)19-11-7-13(8-12-19)18-9-5-4-6-10-18/h13-14H,4-12,17H2,1-3H3/t14-/m1/s1. The molecule has 1 atom stereocenters. The Labute approximate surface area is 123 Å². The van der Waals surface area contributed by atoms with Crippen molar-refractivity contribution in [2.75, 3.05) is 26.2 Å². The van der Waals surface area contributed by atoms with Gasteiger partial charge in [0, 0.05) is 19.1 Å². The molecule has 2 rings (SSSR count). The minimum atomic E-state index is -0.381. The summed E-state index contributed by atoms with van der Waals surface area (Å²) in [4.78, 5) is 17.0. The summed E-state index contributed by atoms with van der Waals surface area (Å²) < 4.78 is 0. The number of likely N-dealkylation sites (tertiary alicyclic amines) is 2. The molecule has 2 fully saturated rings. The molecule has 0 aliphatic carbocycles. The second-order valence-electron chi connectivity index (χ2n) is 7.50. The molecule has 0 saturated carbocycles. The van der Waals surface area contributed by atoms with Crippen molar-refractivity contribution in [1.82, 2.24) is 9.80 Å². The number of piperidine rings is 2. The van der Waals surface area contributed by atoms with E-state index in [1.165, 1.54) is 32.4 Å². The molecule has 0 unspecified atom stereocenters. The van der Waals surface area contributed by atoms with Crippen LogP contribution in [0.5, 0.6) is 0 Å². The van der Waals surface area contributed by atoms with Crippen LogP contribution in [-0.2, 0) is 4.79 Å². The normalized spacial score (nSPS) is 24.7. The van der Waals surface area contributed by atoms with E-state index in [1.54, 1.807) is 0 Å². The Hall–Kier alpha value is -0.610.